The average Bonchev–Trinajstić information content (AvgIpc) is 2.40. The molecule has 5 nitrogen and oxygen atoms in total. The molecule has 0 spiro atoms. The zero-order valence-electron chi connectivity index (χ0n) is 10.9. The summed E-state index contributed by atoms with van der Waals surface area (Å²) in [4.78, 5) is -0.344. The van der Waals surface area contributed by atoms with Crippen LogP contribution in [0.3, 0.4) is 0 Å². The summed E-state index contributed by atoms with van der Waals surface area (Å²) >= 11 is 0. The molecule has 0 radical (unpaired) electrons. The van der Waals surface area contributed by atoms with Gasteiger partial charge in [0.15, 0.2) is 0 Å². The molecule has 0 aromatic heterocycles. The molecule has 106 valence electrons. The van der Waals surface area contributed by atoms with Crippen LogP contribution in [0.4, 0.5) is 5.69 Å². The minimum absolute atomic E-state index is 0.0441. The fourth-order valence-corrected chi connectivity index (χ4v) is 2.47. The third kappa shape index (κ3) is 3.09. The minimum Gasteiger partial charge on any atom is -0.456 e. The number of para-hydroxylation sites is 1. The van der Waals surface area contributed by atoms with E-state index in [0.29, 0.717) is 5.75 Å². The Bertz CT molecular complexity index is 726. The number of benzene rings is 2. The van der Waals surface area contributed by atoms with Crippen LogP contribution in [0.15, 0.2) is 47.4 Å². The van der Waals surface area contributed by atoms with E-state index in [4.69, 9.17) is 10.5 Å². The van der Waals surface area contributed by atoms with Crippen molar-refractivity contribution in [1.29, 1.82) is 0 Å². The van der Waals surface area contributed by atoms with Crippen molar-refractivity contribution in [1.82, 2.24) is 0 Å². The fourth-order valence-electron chi connectivity index (χ4n) is 1.82. The summed E-state index contributed by atoms with van der Waals surface area (Å²) < 4.78 is 37.6. The monoisotopic (exact) mass is 293 g/mol. The lowest BCUT2D eigenvalue weighted by Crippen LogP contribution is -2.03. The maximum absolute atomic E-state index is 11.4. The predicted octanol–water partition coefficient (Wildman–Crippen LogP) is 2.87. The number of anilines is 1. The van der Waals surface area contributed by atoms with Gasteiger partial charge in [0.05, 0.1) is 0 Å². The van der Waals surface area contributed by atoms with E-state index in [1.807, 2.05) is 19.1 Å². The van der Waals surface area contributed by atoms with Crippen LogP contribution in [0.5, 0.6) is 11.5 Å². The first kappa shape index (κ1) is 14.4. The molecule has 0 fully saturated rings. The molecule has 2 aromatic rings. The van der Waals surface area contributed by atoms with Crippen molar-refractivity contribution in [3.63, 3.8) is 0 Å². The molecule has 2 aromatic carbocycles. The normalized spacial score (nSPS) is 11.3. The molecule has 2 rings (SSSR count). The number of nitrogens with two attached hydrogens (primary N) is 1. The van der Waals surface area contributed by atoms with Crippen molar-refractivity contribution < 1.29 is 17.7 Å². The molecule has 0 amide bonds. The lowest BCUT2D eigenvalue weighted by molar-refractivity contribution is 0.447. The van der Waals surface area contributed by atoms with Crippen LogP contribution < -0.4 is 10.5 Å². The van der Waals surface area contributed by atoms with Gasteiger partial charge in [-0.25, -0.2) is 0 Å². The van der Waals surface area contributed by atoms with Gasteiger partial charge in [0, 0.05) is 5.69 Å². The van der Waals surface area contributed by atoms with Crippen LogP contribution in [0.25, 0.3) is 0 Å². The molecule has 0 saturated heterocycles. The van der Waals surface area contributed by atoms with Crippen LogP contribution in [0, 0.1) is 0 Å². The van der Waals surface area contributed by atoms with E-state index >= 15 is 0 Å². The Morgan fingerprint density at radius 3 is 2.50 bits per heavy atom. The SMILES string of the molecule is CCc1ccccc1Oc1ccc(N)cc1S(=O)(=O)O. The van der Waals surface area contributed by atoms with E-state index < -0.39 is 10.1 Å². The van der Waals surface area contributed by atoms with Gasteiger partial charge in [-0.3, -0.25) is 4.55 Å². The summed E-state index contributed by atoms with van der Waals surface area (Å²) in [5.74, 6) is 0.590. The van der Waals surface area contributed by atoms with Gasteiger partial charge in [-0.05, 0) is 36.2 Å². The maximum Gasteiger partial charge on any atom is 0.298 e. The number of hydrogen-bond acceptors (Lipinski definition) is 4. The van der Waals surface area contributed by atoms with Crippen molar-refractivity contribution in [2.45, 2.75) is 18.2 Å². The van der Waals surface area contributed by atoms with Gasteiger partial charge in [0.2, 0.25) is 0 Å². The van der Waals surface area contributed by atoms with Crippen molar-refractivity contribution in [3.8, 4) is 11.5 Å². The molecule has 0 unspecified atom stereocenters. The molecule has 0 bridgehead atoms. The van der Waals surface area contributed by atoms with Gasteiger partial charge in [0.25, 0.3) is 10.1 Å². The number of hydrogen-bond donors (Lipinski definition) is 2. The third-order valence-corrected chi connectivity index (χ3v) is 3.69. The second-order valence-corrected chi connectivity index (χ2v) is 5.63. The first-order valence-electron chi connectivity index (χ1n) is 6.04. The van der Waals surface area contributed by atoms with Gasteiger partial charge in [-0.1, -0.05) is 25.1 Å². The van der Waals surface area contributed by atoms with Crippen LogP contribution in [-0.4, -0.2) is 13.0 Å². The Balaban J connectivity index is 2.49. The second-order valence-electron chi connectivity index (χ2n) is 4.24. The summed E-state index contributed by atoms with van der Waals surface area (Å²) in [5, 5.41) is 0. The van der Waals surface area contributed by atoms with Crippen molar-refractivity contribution >= 4 is 15.8 Å². The Morgan fingerprint density at radius 2 is 1.85 bits per heavy atom. The predicted molar refractivity (Wildman–Crippen MR) is 76.6 cm³/mol. The van der Waals surface area contributed by atoms with Crippen molar-refractivity contribution in [2.24, 2.45) is 0 Å². The largest absolute Gasteiger partial charge is 0.456 e. The Kier molecular flexibility index (Phi) is 3.96. The van der Waals surface area contributed by atoms with E-state index in [0.717, 1.165) is 12.0 Å². The topological polar surface area (TPSA) is 89.6 Å². The summed E-state index contributed by atoms with van der Waals surface area (Å²) in [6.07, 6.45) is 0.742. The highest BCUT2D eigenvalue weighted by Gasteiger charge is 2.18. The lowest BCUT2D eigenvalue weighted by Gasteiger charge is -2.12. The molecule has 0 aliphatic heterocycles. The maximum atomic E-state index is 11.4. The molecule has 0 heterocycles. The van der Waals surface area contributed by atoms with Crippen LogP contribution in [0.1, 0.15) is 12.5 Å². The molecule has 0 saturated carbocycles. The molecule has 0 atom stereocenters. The van der Waals surface area contributed by atoms with E-state index in [1.165, 1.54) is 18.2 Å². The van der Waals surface area contributed by atoms with Crippen LogP contribution >= 0.6 is 0 Å². The van der Waals surface area contributed by atoms with Crippen molar-refractivity contribution in [3.05, 3.63) is 48.0 Å². The van der Waals surface area contributed by atoms with Gasteiger partial charge < -0.3 is 10.5 Å². The first-order chi connectivity index (χ1) is 9.41. The van der Waals surface area contributed by atoms with Gasteiger partial charge in [0.1, 0.15) is 16.4 Å². The molecule has 3 N–H and O–H groups in total. The molecule has 20 heavy (non-hydrogen) atoms. The number of ether oxygens (including phenoxy) is 1. The molecule has 6 heteroatoms. The van der Waals surface area contributed by atoms with Crippen molar-refractivity contribution in [2.75, 3.05) is 5.73 Å². The zero-order chi connectivity index (χ0) is 14.8. The second kappa shape index (κ2) is 5.52. The molecule has 0 aliphatic rings. The van der Waals surface area contributed by atoms with E-state index in [-0.39, 0.29) is 16.3 Å². The standard InChI is InChI=1S/C14H15NO4S/c1-2-10-5-3-4-6-12(10)19-13-8-7-11(15)9-14(13)20(16,17)18/h3-9H,2,15H2,1H3,(H,16,17,18). The van der Waals surface area contributed by atoms with Crippen LogP contribution in [0.2, 0.25) is 0 Å². The summed E-state index contributed by atoms with van der Waals surface area (Å²) in [6.45, 7) is 1.97. The van der Waals surface area contributed by atoms with E-state index in [1.54, 1.807) is 12.1 Å². The fraction of sp³-hybridized carbons (Fsp3) is 0.143. The Hall–Kier alpha value is -2.05. The average molecular weight is 293 g/mol. The van der Waals surface area contributed by atoms with Crippen LogP contribution in [-0.2, 0) is 16.5 Å². The number of aryl methyl sites for hydroxylation is 1. The number of rotatable bonds is 4. The molecular formula is C14H15NO4S. The van der Waals surface area contributed by atoms with Gasteiger partial charge in [-0.2, -0.15) is 8.42 Å². The molecule has 0 aliphatic carbocycles. The Labute approximate surface area is 117 Å². The highest BCUT2D eigenvalue weighted by Crippen LogP contribution is 2.32. The van der Waals surface area contributed by atoms with E-state index in [2.05, 4.69) is 0 Å². The highest BCUT2D eigenvalue weighted by atomic mass is 32.2. The lowest BCUT2D eigenvalue weighted by atomic mass is 10.1. The highest BCUT2D eigenvalue weighted by molar-refractivity contribution is 7.86. The quantitative estimate of drug-likeness (QED) is 0.668. The Morgan fingerprint density at radius 1 is 1.15 bits per heavy atom. The third-order valence-electron chi connectivity index (χ3n) is 2.82. The summed E-state index contributed by atoms with van der Waals surface area (Å²) in [7, 11) is -4.40. The summed E-state index contributed by atoms with van der Waals surface area (Å²) in [5.41, 5.74) is 6.71. The minimum atomic E-state index is -4.40. The zero-order valence-corrected chi connectivity index (χ0v) is 11.7. The summed E-state index contributed by atoms with van der Waals surface area (Å²) in [6, 6.07) is 11.4. The first-order valence-corrected chi connectivity index (χ1v) is 7.48. The smallest absolute Gasteiger partial charge is 0.298 e. The van der Waals surface area contributed by atoms with E-state index in [9.17, 15) is 13.0 Å². The number of nitrogen functional groups attached to an aromatic ring is 1. The van der Waals surface area contributed by atoms with Gasteiger partial charge in [-0.15, -0.1) is 0 Å². The molecular weight excluding hydrogens is 278 g/mol. The van der Waals surface area contributed by atoms with Gasteiger partial charge >= 0.3 is 0 Å².